The van der Waals surface area contributed by atoms with Crippen LogP contribution in [0.5, 0.6) is 0 Å². The maximum atomic E-state index is 13.6. The van der Waals surface area contributed by atoms with E-state index in [1.807, 2.05) is 4.90 Å². The maximum Gasteiger partial charge on any atom is 0.183 e. The fourth-order valence-corrected chi connectivity index (χ4v) is 2.89. The minimum absolute atomic E-state index is 0.331. The highest BCUT2D eigenvalue weighted by atomic mass is 19.1. The molecule has 0 N–H and O–H groups in total. The fourth-order valence-electron chi connectivity index (χ4n) is 2.89. The van der Waals surface area contributed by atoms with Crippen LogP contribution in [0.1, 0.15) is 12.8 Å². The van der Waals surface area contributed by atoms with Gasteiger partial charge in [-0.1, -0.05) is 0 Å². The van der Waals surface area contributed by atoms with E-state index in [9.17, 15) is 4.39 Å². The van der Waals surface area contributed by atoms with Gasteiger partial charge in [0.15, 0.2) is 11.6 Å². The molecule has 0 unspecified atom stereocenters. The number of piperazine rings is 1. The molecule has 1 aromatic rings. The van der Waals surface area contributed by atoms with Crippen molar-refractivity contribution in [3.63, 3.8) is 0 Å². The van der Waals surface area contributed by atoms with Crippen molar-refractivity contribution in [3.8, 4) is 0 Å². The largest absolute Gasteiger partial charge is 0.381 e. The lowest BCUT2D eigenvalue weighted by Gasteiger charge is -2.41. The van der Waals surface area contributed by atoms with E-state index in [2.05, 4.69) is 14.9 Å². The third-order valence-corrected chi connectivity index (χ3v) is 3.97. The average molecular weight is 266 g/mol. The number of halogens is 1. The standard InChI is InChI=1S/C13H19FN4O/c14-12-9-15-10-16-13(12)18-5-3-17(4-6-18)11-1-7-19-8-2-11/h9-11H,1-8H2. The first-order valence-corrected chi connectivity index (χ1v) is 6.87. The van der Waals surface area contributed by atoms with Crippen LogP contribution in [-0.4, -0.2) is 60.3 Å². The molecule has 0 amide bonds. The minimum atomic E-state index is -0.331. The van der Waals surface area contributed by atoms with E-state index < -0.39 is 0 Å². The van der Waals surface area contributed by atoms with E-state index in [-0.39, 0.29) is 5.82 Å². The Morgan fingerprint density at radius 1 is 1.16 bits per heavy atom. The Labute approximate surface area is 112 Å². The molecule has 0 spiro atoms. The second kappa shape index (κ2) is 5.79. The summed E-state index contributed by atoms with van der Waals surface area (Å²) in [6.07, 6.45) is 4.86. The highest BCUT2D eigenvalue weighted by Crippen LogP contribution is 2.20. The van der Waals surface area contributed by atoms with Gasteiger partial charge in [-0.25, -0.2) is 14.4 Å². The first-order valence-electron chi connectivity index (χ1n) is 6.87. The number of ether oxygens (including phenoxy) is 1. The van der Waals surface area contributed by atoms with Gasteiger partial charge in [-0.2, -0.15) is 0 Å². The molecule has 5 nitrogen and oxygen atoms in total. The van der Waals surface area contributed by atoms with E-state index in [4.69, 9.17) is 4.74 Å². The second-order valence-corrected chi connectivity index (χ2v) is 5.06. The minimum Gasteiger partial charge on any atom is -0.381 e. The van der Waals surface area contributed by atoms with Gasteiger partial charge in [0.1, 0.15) is 6.33 Å². The molecule has 2 aliphatic rings. The monoisotopic (exact) mass is 266 g/mol. The molecule has 2 fully saturated rings. The molecule has 2 aliphatic heterocycles. The quantitative estimate of drug-likeness (QED) is 0.796. The summed E-state index contributed by atoms with van der Waals surface area (Å²) < 4.78 is 19.0. The summed E-state index contributed by atoms with van der Waals surface area (Å²) in [6.45, 7) is 5.32. The molecule has 3 rings (SSSR count). The van der Waals surface area contributed by atoms with Gasteiger partial charge in [-0.3, -0.25) is 4.90 Å². The molecule has 6 heteroatoms. The van der Waals surface area contributed by atoms with Gasteiger partial charge >= 0.3 is 0 Å². The van der Waals surface area contributed by atoms with Crippen LogP contribution in [0.15, 0.2) is 12.5 Å². The molecule has 104 valence electrons. The van der Waals surface area contributed by atoms with Crippen molar-refractivity contribution in [2.45, 2.75) is 18.9 Å². The van der Waals surface area contributed by atoms with E-state index in [0.29, 0.717) is 11.9 Å². The Bertz CT molecular complexity index is 417. The SMILES string of the molecule is Fc1cncnc1N1CCN(C2CCOCC2)CC1. The normalized spacial score (nSPS) is 22.7. The molecular formula is C13H19FN4O. The number of hydrogen-bond donors (Lipinski definition) is 0. The van der Waals surface area contributed by atoms with Crippen LogP contribution in [0.2, 0.25) is 0 Å². The smallest absolute Gasteiger partial charge is 0.183 e. The summed E-state index contributed by atoms with van der Waals surface area (Å²) in [5.41, 5.74) is 0. The van der Waals surface area contributed by atoms with E-state index in [1.165, 1.54) is 12.5 Å². The highest BCUT2D eigenvalue weighted by Gasteiger charge is 2.26. The Balaban J connectivity index is 1.58. The van der Waals surface area contributed by atoms with Crippen LogP contribution in [0.25, 0.3) is 0 Å². The molecule has 2 saturated heterocycles. The lowest BCUT2D eigenvalue weighted by Crippen LogP contribution is -2.52. The van der Waals surface area contributed by atoms with Crippen LogP contribution in [-0.2, 0) is 4.74 Å². The highest BCUT2D eigenvalue weighted by molar-refractivity contribution is 5.38. The lowest BCUT2D eigenvalue weighted by molar-refractivity contribution is 0.0320. The number of aromatic nitrogens is 2. The van der Waals surface area contributed by atoms with Crippen molar-refractivity contribution in [3.05, 3.63) is 18.3 Å². The van der Waals surface area contributed by atoms with Crippen molar-refractivity contribution < 1.29 is 9.13 Å². The fraction of sp³-hybridized carbons (Fsp3) is 0.692. The third kappa shape index (κ3) is 2.84. The van der Waals surface area contributed by atoms with Crippen LogP contribution >= 0.6 is 0 Å². The molecule has 3 heterocycles. The van der Waals surface area contributed by atoms with Crippen molar-refractivity contribution in [1.29, 1.82) is 0 Å². The molecule has 0 bridgehead atoms. The average Bonchev–Trinajstić information content (AvgIpc) is 2.49. The predicted octanol–water partition coefficient (Wildman–Crippen LogP) is 0.917. The van der Waals surface area contributed by atoms with Gasteiger partial charge in [0.2, 0.25) is 0 Å². The summed E-state index contributed by atoms with van der Waals surface area (Å²) in [5.74, 6) is 0.101. The Kier molecular flexibility index (Phi) is 3.89. The molecule has 1 aromatic heterocycles. The van der Waals surface area contributed by atoms with Crippen LogP contribution in [0.4, 0.5) is 10.2 Å². The van der Waals surface area contributed by atoms with Crippen LogP contribution in [0, 0.1) is 5.82 Å². The summed E-state index contributed by atoms with van der Waals surface area (Å²) in [6, 6.07) is 0.631. The van der Waals surface area contributed by atoms with Crippen molar-refractivity contribution >= 4 is 5.82 Å². The topological polar surface area (TPSA) is 41.5 Å². The summed E-state index contributed by atoms with van der Waals surface area (Å²) in [4.78, 5) is 12.2. The van der Waals surface area contributed by atoms with Gasteiger partial charge in [-0.05, 0) is 12.8 Å². The molecule has 0 radical (unpaired) electrons. The van der Waals surface area contributed by atoms with Gasteiger partial charge in [0.05, 0.1) is 6.20 Å². The zero-order valence-corrected chi connectivity index (χ0v) is 11.0. The number of rotatable bonds is 2. The first kappa shape index (κ1) is 12.7. The zero-order chi connectivity index (χ0) is 13.1. The molecule has 19 heavy (non-hydrogen) atoms. The maximum absolute atomic E-state index is 13.6. The van der Waals surface area contributed by atoms with E-state index in [0.717, 1.165) is 52.2 Å². The third-order valence-electron chi connectivity index (χ3n) is 3.97. The number of hydrogen-bond acceptors (Lipinski definition) is 5. The number of nitrogens with zero attached hydrogens (tertiary/aromatic N) is 4. The second-order valence-electron chi connectivity index (χ2n) is 5.06. The predicted molar refractivity (Wildman–Crippen MR) is 69.6 cm³/mol. The first-order chi connectivity index (χ1) is 9.34. The van der Waals surface area contributed by atoms with Gasteiger partial charge in [0, 0.05) is 45.4 Å². The van der Waals surface area contributed by atoms with Gasteiger partial charge in [0.25, 0.3) is 0 Å². The van der Waals surface area contributed by atoms with Gasteiger partial charge < -0.3 is 9.64 Å². The van der Waals surface area contributed by atoms with Crippen molar-refractivity contribution in [2.75, 3.05) is 44.3 Å². The van der Waals surface area contributed by atoms with Crippen LogP contribution < -0.4 is 4.90 Å². The van der Waals surface area contributed by atoms with Gasteiger partial charge in [-0.15, -0.1) is 0 Å². The molecule has 0 saturated carbocycles. The zero-order valence-electron chi connectivity index (χ0n) is 11.0. The van der Waals surface area contributed by atoms with Crippen molar-refractivity contribution in [1.82, 2.24) is 14.9 Å². The Hall–Kier alpha value is -1.27. The van der Waals surface area contributed by atoms with Crippen molar-refractivity contribution in [2.24, 2.45) is 0 Å². The Morgan fingerprint density at radius 2 is 1.89 bits per heavy atom. The number of anilines is 1. The molecule has 0 atom stereocenters. The molecule has 0 aliphatic carbocycles. The molecular weight excluding hydrogens is 247 g/mol. The summed E-state index contributed by atoms with van der Waals surface area (Å²) in [7, 11) is 0. The summed E-state index contributed by atoms with van der Waals surface area (Å²) >= 11 is 0. The lowest BCUT2D eigenvalue weighted by atomic mass is 10.1. The van der Waals surface area contributed by atoms with Crippen LogP contribution in [0.3, 0.4) is 0 Å². The van der Waals surface area contributed by atoms with E-state index >= 15 is 0 Å². The molecule has 0 aromatic carbocycles. The van der Waals surface area contributed by atoms with E-state index in [1.54, 1.807) is 0 Å². The summed E-state index contributed by atoms with van der Waals surface area (Å²) in [5, 5.41) is 0. The Morgan fingerprint density at radius 3 is 2.58 bits per heavy atom.